The number of rotatable bonds is 4. The zero-order valence-corrected chi connectivity index (χ0v) is 17.2. The first-order valence-corrected chi connectivity index (χ1v) is 9.62. The monoisotopic (exact) mass is 372 g/mol. The van der Waals surface area contributed by atoms with Crippen molar-refractivity contribution in [3.63, 3.8) is 0 Å². The van der Waals surface area contributed by atoms with Crippen LogP contribution in [0.15, 0.2) is 30.3 Å². The fraction of sp³-hybridized carbons (Fsp3) is 0.545. The molecule has 0 N–H and O–H groups in total. The van der Waals surface area contributed by atoms with E-state index in [1.807, 2.05) is 62.9 Å². The number of benzene rings is 1. The van der Waals surface area contributed by atoms with Crippen molar-refractivity contribution in [3.8, 4) is 0 Å². The molecule has 0 spiro atoms. The van der Waals surface area contributed by atoms with Gasteiger partial charge < -0.3 is 14.5 Å². The average Bonchev–Trinajstić information content (AvgIpc) is 2.59. The van der Waals surface area contributed by atoms with E-state index in [0.29, 0.717) is 13.1 Å². The molecule has 1 fully saturated rings. The molecular weight excluding hydrogens is 340 g/mol. The number of piperidine rings is 1. The Labute approximate surface area is 163 Å². The molecule has 1 saturated heterocycles. The van der Waals surface area contributed by atoms with Gasteiger partial charge in [-0.05, 0) is 58.1 Å². The van der Waals surface area contributed by atoms with Crippen LogP contribution in [0.25, 0.3) is 6.08 Å². The second kappa shape index (κ2) is 9.07. The number of carbonyl (C=O) groups excluding carboxylic acids is 2. The van der Waals surface area contributed by atoms with Crippen LogP contribution in [0.3, 0.4) is 0 Å². The van der Waals surface area contributed by atoms with E-state index in [1.165, 1.54) is 5.56 Å². The average molecular weight is 373 g/mol. The first-order valence-electron chi connectivity index (χ1n) is 9.62. The predicted molar refractivity (Wildman–Crippen MR) is 108 cm³/mol. The highest BCUT2D eigenvalue weighted by molar-refractivity contribution is 5.91. The first-order chi connectivity index (χ1) is 12.6. The molecule has 0 bridgehead atoms. The third-order valence-electron chi connectivity index (χ3n) is 4.56. The van der Waals surface area contributed by atoms with Gasteiger partial charge in [0.2, 0.25) is 5.91 Å². The zero-order valence-electron chi connectivity index (χ0n) is 17.2. The van der Waals surface area contributed by atoms with Crippen LogP contribution < -0.4 is 0 Å². The summed E-state index contributed by atoms with van der Waals surface area (Å²) in [4.78, 5) is 28.2. The summed E-state index contributed by atoms with van der Waals surface area (Å²) in [6.45, 7) is 9.66. The van der Waals surface area contributed by atoms with Crippen molar-refractivity contribution in [2.45, 2.75) is 46.1 Å². The molecule has 1 aliphatic heterocycles. The van der Waals surface area contributed by atoms with E-state index in [2.05, 4.69) is 0 Å². The molecule has 0 aliphatic carbocycles. The van der Waals surface area contributed by atoms with E-state index >= 15 is 0 Å². The number of hydrogen-bond donors (Lipinski definition) is 0. The van der Waals surface area contributed by atoms with Gasteiger partial charge in [0.15, 0.2) is 0 Å². The Morgan fingerprint density at radius 1 is 1.26 bits per heavy atom. The largest absolute Gasteiger partial charge is 0.444 e. The van der Waals surface area contributed by atoms with Crippen molar-refractivity contribution in [1.82, 2.24) is 9.80 Å². The third-order valence-corrected chi connectivity index (χ3v) is 4.56. The molecule has 1 aliphatic rings. The van der Waals surface area contributed by atoms with Crippen LogP contribution in [-0.4, -0.2) is 54.1 Å². The molecule has 2 amide bonds. The number of aryl methyl sites for hydroxylation is 1. The van der Waals surface area contributed by atoms with Crippen molar-refractivity contribution < 1.29 is 14.3 Å². The van der Waals surface area contributed by atoms with Gasteiger partial charge in [-0.3, -0.25) is 4.79 Å². The van der Waals surface area contributed by atoms with Crippen LogP contribution in [0.2, 0.25) is 0 Å². The van der Waals surface area contributed by atoms with Crippen LogP contribution in [0.1, 0.15) is 44.7 Å². The van der Waals surface area contributed by atoms with E-state index in [0.717, 1.165) is 24.9 Å². The molecule has 0 radical (unpaired) electrons. The lowest BCUT2D eigenvalue weighted by Gasteiger charge is -2.34. The smallest absolute Gasteiger partial charge is 0.410 e. The SMILES string of the molecule is Cc1ccc(/C=C/C(=O)N2CCCC(CN(C)C(=O)OC(C)(C)C)C2)cc1. The van der Waals surface area contributed by atoms with E-state index in [9.17, 15) is 9.59 Å². The Balaban J connectivity index is 1.88. The Morgan fingerprint density at radius 3 is 2.56 bits per heavy atom. The lowest BCUT2D eigenvalue weighted by atomic mass is 9.97. The minimum Gasteiger partial charge on any atom is -0.444 e. The minimum atomic E-state index is -0.499. The van der Waals surface area contributed by atoms with Crippen LogP contribution in [0.4, 0.5) is 4.79 Å². The van der Waals surface area contributed by atoms with Gasteiger partial charge in [0.25, 0.3) is 0 Å². The summed E-state index contributed by atoms with van der Waals surface area (Å²) in [5, 5.41) is 0. The number of ether oxygens (including phenoxy) is 1. The summed E-state index contributed by atoms with van der Waals surface area (Å²) >= 11 is 0. The highest BCUT2D eigenvalue weighted by Crippen LogP contribution is 2.19. The van der Waals surface area contributed by atoms with E-state index in [1.54, 1.807) is 18.0 Å². The molecule has 1 aromatic carbocycles. The molecule has 148 valence electrons. The summed E-state index contributed by atoms with van der Waals surface area (Å²) in [7, 11) is 1.76. The maximum absolute atomic E-state index is 12.5. The van der Waals surface area contributed by atoms with Crippen molar-refractivity contribution in [1.29, 1.82) is 0 Å². The van der Waals surface area contributed by atoms with Gasteiger partial charge in [0.05, 0.1) is 0 Å². The summed E-state index contributed by atoms with van der Waals surface area (Å²) in [6.07, 6.45) is 5.16. The lowest BCUT2D eigenvalue weighted by Crippen LogP contribution is -2.44. The standard InChI is InChI=1S/C22H32N2O3/c1-17-8-10-18(11-9-17)12-13-20(25)24-14-6-7-19(16-24)15-23(5)21(26)27-22(2,3)4/h8-13,19H,6-7,14-16H2,1-5H3/b13-12+. The Bertz CT molecular complexity index is 674. The van der Waals surface area contributed by atoms with Gasteiger partial charge in [0, 0.05) is 32.8 Å². The van der Waals surface area contributed by atoms with Crippen molar-refractivity contribution in [3.05, 3.63) is 41.5 Å². The quantitative estimate of drug-likeness (QED) is 0.747. The van der Waals surface area contributed by atoms with E-state index < -0.39 is 5.60 Å². The molecule has 2 rings (SSSR count). The fourth-order valence-corrected chi connectivity index (χ4v) is 3.17. The number of carbonyl (C=O) groups is 2. The normalized spacial score (nSPS) is 17.8. The zero-order chi connectivity index (χ0) is 20.0. The fourth-order valence-electron chi connectivity index (χ4n) is 3.17. The van der Waals surface area contributed by atoms with Gasteiger partial charge in [-0.15, -0.1) is 0 Å². The molecule has 5 nitrogen and oxygen atoms in total. The van der Waals surface area contributed by atoms with Crippen LogP contribution in [0.5, 0.6) is 0 Å². The molecule has 1 unspecified atom stereocenters. The molecule has 1 aromatic rings. The predicted octanol–water partition coefficient (Wildman–Crippen LogP) is 4.11. The van der Waals surface area contributed by atoms with Gasteiger partial charge in [-0.2, -0.15) is 0 Å². The summed E-state index contributed by atoms with van der Waals surface area (Å²) in [5.41, 5.74) is 1.72. The van der Waals surface area contributed by atoms with Gasteiger partial charge in [0.1, 0.15) is 5.60 Å². The van der Waals surface area contributed by atoms with Gasteiger partial charge >= 0.3 is 6.09 Å². The number of likely N-dealkylation sites (tertiary alicyclic amines) is 1. The van der Waals surface area contributed by atoms with Gasteiger partial charge in [-0.1, -0.05) is 29.8 Å². The van der Waals surface area contributed by atoms with E-state index in [4.69, 9.17) is 4.74 Å². The Morgan fingerprint density at radius 2 is 1.93 bits per heavy atom. The second-order valence-corrected chi connectivity index (χ2v) is 8.40. The highest BCUT2D eigenvalue weighted by Gasteiger charge is 2.26. The van der Waals surface area contributed by atoms with Gasteiger partial charge in [-0.25, -0.2) is 4.79 Å². The number of amides is 2. The minimum absolute atomic E-state index is 0.0280. The number of hydrogen-bond acceptors (Lipinski definition) is 3. The lowest BCUT2D eigenvalue weighted by molar-refractivity contribution is -0.127. The molecule has 1 heterocycles. The third kappa shape index (κ3) is 7.08. The topological polar surface area (TPSA) is 49.9 Å². The van der Waals surface area contributed by atoms with Crippen LogP contribution in [0, 0.1) is 12.8 Å². The van der Waals surface area contributed by atoms with Crippen LogP contribution in [-0.2, 0) is 9.53 Å². The van der Waals surface area contributed by atoms with Crippen molar-refractivity contribution >= 4 is 18.1 Å². The molecule has 27 heavy (non-hydrogen) atoms. The second-order valence-electron chi connectivity index (χ2n) is 8.40. The summed E-state index contributed by atoms with van der Waals surface area (Å²) in [5.74, 6) is 0.299. The summed E-state index contributed by atoms with van der Waals surface area (Å²) in [6, 6.07) is 8.09. The molecular formula is C22H32N2O3. The Hall–Kier alpha value is -2.30. The first kappa shape index (κ1) is 21.0. The molecule has 0 aromatic heterocycles. The maximum Gasteiger partial charge on any atom is 0.410 e. The number of nitrogens with zero attached hydrogens (tertiary/aromatic N) is 2. The van der Waals surface area contributed by atoms with E-state index in [-0.39, 0.29) is 17.9 Å². The van der Waals surface area contributed by atoms with Crippen molar-refractivity contribution in [2.24, 2.45) is 5.92 Å². The van der Waals surface area contributed by atoms with Crippen molar-refractivity contribution in [2.75, 3.05) is 26.7 Å². The highest BCUT2D eigenvalue weighted by atomic mass is 16.6. The molecule has 1 atom stereocenters. The van der Waals surface area contributed by atoms with Crippen LogP contribution >= 0.6 is 0 Å². The maximum atomic E-state index is 12.5. The Kier molecular flexibility index (Phi) is 7.05. The summed E-state index contributed by atoms with van der Waals surface area (Å²) < 4.78 is 5.41. The molecule has 0 saturated carbocycles. The molecule has 5 heteroatoms.